The summed E-state index contributed by atoms with van der Waals surface area (Å²) in [6.07, 6.45) is 3.48. The quantitative estimate of drug-likeness (QED) is 0.486. The first-order chi connectivity index (χ1) is 11.7. The van der Waals surface area contributed by atoms with Crippen LogP contribution in [0.5, 0.6) is 0 Å². The number of hydrogen-bond acceptors (Lipinski definition) is 3. The van der Waals surface area contributed by atoms with E-state index in [1.54, 1.807) is 12.4 Å². The van der Waals surface area contributed by atoms with Crippen LogP contribution in [0.2, 0.25) is 0 Å². The standard InChI is InChI=1S/C14H11BrO.C6H8N2.CH4/c15-13(11-7-3-1-4-8-11)14(16)12-9-5-2-6-10-12;7-5-6-1-3-8-4-2-6;/h1-10,13H;1-4H,5,7H2;1H4. The zero-order valence-corrected chi connectivity index (χ0v) is 14.8. The molecule has 3 aromatic rings. The maximum Gasteiger partial charge on any atom is 0.180 e. The van der Waals surface area contributed by atoms with E-state index in [2.05, 4.69) is 20.9 Å². The van der Waals surface area contributed by atoms with E-state index in [9.17, 15) is 4.79 Å². The van der Waals surface area contributed by atoms with Gasteiger partial charge in [-0.15, -0.1) is 0 Å². The van der Waals surface area contributed by atoms with E-state index in [0.29, 0.717) is 6.54 Å². The first kappa shape index (κ1) is 20.7. The van der Waals surface area contributed by atoms with Gasteiger partial charge in [-0.05, 0) is 23.3 Å². The van der Waals surface area contributed by atoms with Crippen LogP contribution in [0, 0.1) is 0 Å². The number of aromatic nitrogens is 1. The molecule has 3 nitrogen and oxygen atoms in total. The molecular formula is C21H23BrN2O. The SMILES string of the molecule is C.NCc1ccncc1.O=C(c1ccccc1)C(Br)c1ccccc1. The minimum atomic E-state index is -0.268. The van der Waals surface area contributed by atoms with Gasteiger partial charge in [-0.2, -0.15) is 0 Å². The summed E-state index contributed by atoms with van der Waals surface area (Å²) < 4.78 is 0. The van der Waals surface area contributed by atoms with E-state index in [0.717, 1.165) is 16.7 Å². The van der Waals surface area contributed by atoms with Crippen LogP contribution >= 0.6 is 15.9 Å². The van der Waals surface area contributed by atoms with Gasteiger partial charge in [-0.25, -0.2) is 0 Å². The van der Waals surface area contributed by atoms with Gasteiger partial charge in [-0.3, -0.25) is 9.78 Å². The molecule has 4 heteroatoms. The average Bonchev–Trinajstić information content (AvgIpc) is 2.69. The topological polar surface area (TPSA) is 56.0 Å². The molecule has 130 valence electrons. The van der Waals surface area contributed by atoms with Crippen molar-refractivity contribution in [2.45, 2.75) is 18.8 Å². The highest BCUT2D eigenvalue weighted by atomic mass is 79.9. The molecule has 0 fully saturated rings. The summed E-state index contributed by atoms with van der Waals surface area (Å²) in [5.41, 5.74) is 8.16. The van der Waals surface area contributed by atoms with Gasteiger partial charge in [0, 0.05) is 24.5 Å². The number of benzene rings is 2. The number of carbonyl (C=O) groups is 1. The highest BCUT2D eigenvalue weighted by Crippen LogP contribution is 2.26. The first-order valence-corrected chi connectivity index (χ1v) is 8.51. The van der Waals surface area contributed by atoms with Gasteiger partial charge >= 0.3 is 0 Å². The molecule has 0 aliphatic carbocycles. The van der Waals surface area contributed by atoms with Crippen molar-refractivity contribution in [3.8, 4) is 0 Å². The Balaban J connectivity index is 0.000000295. The largest absolute Gasteiger partial charge is 0.326 e. The normalized spacial score (nSPS) is 10.6. The summed E-state index contributed by atoms with van der Waals surface area (Å²) in [5, 5.41) is 0. The molecule has 0 amide bonds. The third-order valence-electron chi connectivity index (χ3n) is 3.37. The van der Waals surface area contributed by atoms with Crippen LogP contribution in [0.3, 0.4) is 0 Å². The van der Waals surface area contributed by atoms with Crippen molar-refractivity contribution >= 4 is 21.7 Å². The third-order valence-corrected chi connectivity index (χ3v) is 4.31. The lowest BCUT2D eigenvalue weighted by atomic mass is 10.0. The zero-order valence-electron chi connectivity index (χ0n) is 13.2. The van der Waals surface area contributed by atoms with Crippen molar-refractivity contribution in [1.82, 2.24) is 4.98 Å². The first-order valence-electron chi connectivity index (χ1n) is 7.59. The highest BCUT2D eigenvalue weighted by Gasteiger charge is 2.17. The molecule has 0 saturated carbocycles. The minimum absolute atomic E-state index is 0. The summed E-state index contributed by atoms with van der Waals surface area (Å²) in [6, 6.07) is 22.8. The molecule has 1 heterocycles. The number of alkyl halides is 1. The third kappa shape index (κ3) is 6.61. The summed E-state index contributed by atoms with van der Waals surface area (Å²) in [6.45, 7) is 0.600. The van der Waals surface area contributed by atoms with Gasteiger partial charge in [0.15, 0.2) is 5.78 Å². The fourth-order valence-electron chi connectivity index (χ4n) is 2.04. The number of carbonyl (C=O) groups excluding carboxylic acids is 1. The second-order valence-corrected chi connectivity index (χ2v) is 5.98. The van der Waals surface area contributed by atoms with Crippen LogP contribution in [0.1, 0.15) is 33.7 Å². The Bertz CT molecular complexity index is 734. The van der Waals surface area contributed by atoms with Gasteiger partial charge in [0.25, 0.3) is 0 Å². The van der Waals surface area contributed by atoms with Crippen LogP contribution in [0.4, 0.5) is 0 Å². The van der Waals surface area contributed by atoms with E-state index in [1.165, 1.54) is 0 Å². The molecule has 0 aliphatic heterocycles. The average molecular weight is 399 g/mol. The van der Waals surface area contributed by atoms with Gasteiger partial charge in [0.05, 0.1) is 0 Å². The fraction of sp³-hybridized carbons (Fsp3) is 0.143. The molecule has 0 spiro atoms. The molecule has 1 atom stereocenters. The van der Waals surface area contributed by atoms with E-state index in [4.69, 9.17) is 5.73 Å². The van der Waals surface area contributed by atoms with E-state index in [1.807, 2.05) is 72.8 Å². The van der Waals surface area contributed by atoms with Crippen molar-refractivity contribution in [3.63, 3.8) is 0 Å². The van der Waals surface area contributed by atoms with Crippen LogP contribution in [0.15, 0.2) is 85.2 Å². The summed E-state index contributed by atoms with van der Waals surface area (Å²) >= 11 is 3.44. The smallest absolute Gasteiger partial charge is 0.180 e. The van der Waals surface area contributed by atoms with Crippen LogP contribution < -0.4 is 5.73 Å². The molecule has 3 rings (SSSR count). The second-order valence-electron chi connectivity index (χ2n) is 5.06. The molecule has 0 bridgehead atoms. The molecular weight excluding hydrogens is 376 g/mol. The highest BCUT2D eigenvalue weighted by molar-refractivity contribution is 9.09. The lowest BCUT2D eigenvalue weighted by molar-refractivity contribution is 0.0991. The number of rotatable bonds is 4. The summed E-state index contributed by atoms with van der Waals surface area (Å²) in [7, 11) is 0. The fourth-order valence-corrected chi connectivity index (χ4v) is 2.61. The number of Topliss-reactive ketones (excluding diaryl/α,β-unsaturated/α-hetero) is 1. The lowest BCUT2D eigenvalue weighted by Crippen LogP contribution is -2.06. The van der Waals surface area contributed by atoms with Crippen molar-refractivity contribution in [1.29, 1.82) is 0 Å². The Hall–Kier alpha value is -2.30. The molecule has 0 radical (unpaired) electrons. The number of nitrogens with two attached hydrogens (primary N) is 1. The Morgan fingerprint density at radius 3 is 1.92 bits per heavy atom. The Kier molecular flexibility index (Phi) is 9.37. The molecule has 2 aromatic carbocycles. The zero-order chi connectivity index (χ0) is 17.2. The van der Waals surface area contributed by atoms with E-state index in [-0.39, 0.29) is 18.0 Å². The number of pyridine rings is 1. The molecule has 2 N–H and O–H groups in total. The van der Waals surface area contributed by atoms with E-state index >= 15 is 0 Å². The van der Waals surface area contributed by atoms with Crippen LogP contribution in [-0.2, 0) is 6.54 Å². The molecule has 1 unspecified atom stereocenters. The monoisotopic (exact) mass is 398 g/mol. The van der Waals surface area contributed by atoms with Crippen molar-refractivity contribution in [3.05, 3.63) is 102 Å². The van der Waals surface area contributed by atoms with Gasteiger partial charge in [-0.1, -0.05) is 84.0 Å². The van der Waals surface area contributed by atoms with Gasteiger partial charge in [0.1, 0.15) is 4.83 Å². The number of nitrogens with zero attached hydrogens (tertiary/aromatic N) is 1. The Labute approximate surface area is 158 Å². The molecule has 0 saturated heterocycles. The molecule has 25 heavy (non-hydrogen) atoms. The molecule has 1 aromatic heterocycles. The summed E-state index contributed by atoms with van der Waals surface area (Å²) in [4.78, 5) is 15.7. The van der Waals surface area contributed by atoms with Gasteiger partial charge in [0.2, 0.25) is 0 Å². The van der Waals surface area contributed by atoms with Crippen LogP contribution in [0.25, 0.3) is 0 Å². The Morgan fingerprint density at radius 2 is 1.44 bits per heavy atom. The maximum absolute atomic E-state index is 12.1. The van der Waals surface area contributed by atoms with E-state index < -0.39 is 0 Å². The Morgan fingerprint density at radius 1 is 0.920 bits per heavy atom. The maximum atomic E-state index is 12.1. The van der Waals surface area contributed by atoms with Crippen molar-refractivity contribution < 1.29 is 4.79 Å². The molecule has 0 aliphatic rings. The predicted octanol–water partition coefficient (Wildman–Crippen LogP) is 5.18. The van der Waals surface area contributed by atoms with Crippen molar-refractivity contribution in [2.75, 3.05) is 0 Å². The van der Waals surface area contributed by atoms with Crippen LogP contribution in [-0.4, -0.2) is 10.8 Å². The number of halogens is 1. The number of ketones is 1. The van der Waals surface area contributed by atoms with Crippen molar-refractivity contribution in [2.24, 2.45) is 5.73 Å². The number of hydrogen-bond donors (Lipinski definition) is 1. The predicted molar refractivity (Wildman–Crippen MR) is 108 cm³/mol. The lowest BCUT2D eigenvalue weighted by Gasteiger charge is -2.08. The second kappa shape index (κ2) is 11.3. The summed E-state index contributed by atoms with van der Waals surface area (Å²) in [5.74, 6) is 0.0896. The minimum Gasteiger partial charge on any atom is -0.326 e. The van der Waals surface area contributed by atoms with Gasteiger partial charge < -0.3 is 5.73 Å².